The van der Waals surface area contributed by atoms with Crippen LogP contribution in [0.25, 0.3) is 0 Å². The summed E-state index contributed by atoms with van der Waals surface area (Å²) in [6.45, 7) is 1.68. The molecule has 0 radical (unpaired) electrons. The van der Waals surface area contributed by atoms with Crippen LogP contribution in [-0.2, 0) is 16.1 Å². The Morgan fingerprint density at radius 3 is 2.50 bits per heavy atom. The minimum absolute atomic E-state index is 0.0174. The highest BCUT2D eigenvalue weighted by molar-refractivity contribution is 5.83. The van der Waals surface area contributed by atoms with Gasteiger partial charge in [-0.1, -0.05) is 56.0 Å². The van der Waals surface area contributed by atoms with Gasteiger partial charge in [-0.2, -0.15) is 0 Å². The van der Waals surface area contributed by atoms with Gasteiger partial charge in [-0.3, -0.25) is 14.5 Å². The Morgan fingerprint density at radius 2 is 1.81 bits per heavy atom. The third kappa shape index (κ3) is 4.85. The number of nitrogens with one attached hydrogen (secondary N) is 1. The number of likely N-dealkylation sites (tertiary alicyclic amines) is 1. The summed E-state index contributed by atoms with van der Waals surface area (Å²) in [6.07, 6.45) is 7.70. The second-order valence-corrected chi connectivity index (χ2v) is 7.87. The van der Waals surface area contributed by atoms with Crippen LogP contribution in [0.5, 0.6) is 0 Å². The molecule has 3 rings (SSSR count). The third-order valence-corrected chi connectivity index (χ3v) is 5.83. The Bertz CT molecular complexity index is 611. The molecule has 0 spiro atoms. The van der Waals surface area contributed by atoms with Gasteiger partial charge >= 0.3 is 5.97 Å². The van der Waals surface area contributed by atoms with Gasteiger partial charge in [-0.15, -0.1) is 0 Å². The SMILES string of the molecule is O=C(O)CC1(NC(=O)[C@H]2CCCCN2Cc2ccccc2)CCCCC1. The lowest BCUT2D eigenvalue weighted by Crippen LogP contribution is -2.57. The maximum Gasteiger partial charge on any atom is 0.305 e. The molecule has 5 nitrogen and oxygen atoms in total. The molecule has 1 amide bonds. The molecule has 142 valence electrons. The van der Waals surface area contributed by atoms with Gasteiger partial charge in [0.25, 0.3) is 0 Å². The molecular weight excluding hydrogens is 328 g/mol. The molecule has 1 aromatic carbocycles. The third-order valence-electron chi connectivity index (χ3n) is 5.83. The van der Waals surface area contributed by atoms with Gasteiger partial charge in [0.05, 0.1) is 18.0 Å². The largest absolute Gasteiger partial charge is 0.481 e. The van der Waals surface area contributed by atoms with E-state index in [0.29, 0.717) is 0 Å². The zero-order chi connectivity index (χ0) is 18.4. The quantitative estimate of drug-likeness (QED) is 0.818. The minimum Gasteiger partial charge on any atom is -0.481 e. The molecule has 26 heavy (non-hydrogen) atoms. The monoisotopic (exact) mass is 358 g/mol. The molecular formula is C21H30N2O3. The van der Waals surface area contributed by atoms with E-state index in [1.807, 2.05) is 18.2 Å². The molecule has 1 heterocycles. The number of nitrogens with zero attached hydrogens (tertiary/aromatic N) is 1. The maximum atomic E-state index is 13.1. The fourth-order valence-electron chi connectivity index (χ4n) is 4.50. The van der Waals surface area contributed by atoms with Crippen LogP contribution >= 0.6 is 0 Å². The van der Waals surface area contributed by atoms with E-state index in [1.54, 1.807) is 0 Å². The molecule has 5 heteroatoms. The van der Waals surface area contributed by atoms with E-state index in [-0.39, 0.29) is 18.4 Å². The second kappa shape index (κ2) is 8.67. The molecule has 1 saturated heterocycles. The Balaban J connectivity index is 1.69. The number of amides is 1. The summed E-state index contributed by atoms with van der Waals surface area (Å²) >= 11 is 0. The van der Waals surface area contributed by atoms with Crippen LogP contribution in [0.2, 0.25) is 0 Å². The lowest BCUT2D eigenvalue weighted by atomic mass is 9.79. The van der Waals surface area contributed by atoms with Crippen molar-refractivity contribution < 1.29 is 14.7 Å². The highest BCUT2D eigenvalue weighted by atomic mass is 16.4. The molecule has 1 aromatic rings. The fraction of sp³-hybridized carbons (Fsp3) is 0.619. The van der Waals surface area contributed by atoms with Crippen molar-refractivity contribution in [2.75, 3.05) is 6.54 Å². The first-order valence-corrected chi connectivity index (χ1v) is 9.90. The summed E-state index contributed by atoms with van der Waals surface area (Å²) in [4.78, 5) is 26.7. The summed E-state index contributed by atoms with van der Waals surface area (Å²) < 4.78 is 0. The second-order valence-electron chi connectivity index (χ2n) is 7.87. The van der Waals surface area contributed by atoms with E-state index in [0.717, 1.165) is 64.5 Å². The van der Waals surface area contributed by atoms with Gasteiger partial charge in [-0.05, 0) is 37.8 Å². The number of hydrogen-bond acceptors (Lipinski definition) is 3. The predicted octanol–water partition coefficient (Wildman–Crippen LogP) is 3.33. The number of rotatable bonds is 6. The molecule has 2 aliphatic rings. The van der Waals surface area contributed by atoms with Gasteiger partial charge < -0.3 is 10.4 Å². The Labute approximate surface area is 155 Å². The van der Waals surface area contributed by atoms with Crippen molar-refractivity contribution in [3.8, 4) is 0 Å². The summed E-state index contributed by atoms with van der Waals surface area (Å²) in [5.74, 6) is -0.805. The Hall–Kier alpha value is -1.88. The van der Waals surface area contributed by atoms with Crippen LogP contribution in [-0.4, -0.2) is 40.0 Å². The standard InChI is InChI=1S/C21H30N2O3/c24-19(25)15-21(12-6-2-7-13-21)22-20(26)18-11-5-8-14-23(18)16-17-9-3-1-4-10-17/h1,3-4,9-10,18H,2,5-8,11-16H2,(H,22,26)(H,24,25)/t18-/m1/s1. The summed E-state index contributed by atoms with van der Waals surface area (Å²) in [5, 5.41) is 12.5. The van der Waals surface area contributed by atoms with Crippen molar-refractivity contribution >= 4 is 11.9 Å². The van der Waals surface area contributed by atoms with Crippen molar-refractivity contribution in [3.05, 3.63) is 35.9 Å². The minimum atomic E-state index is -0.822. The Kier molecular flexibility index (Phi) is 6.30. The predicted molar refractivity (Wildman–Crippen MR) is 101 cm³/mol. The van der Waals surface area contributed by atoms with Crippen molar-refractivity contribution in [2.24, 2.45) is 0 Å². The zero-order valence-corrected chi connectivity index (χ0v) is 15.5. The molecule has 1 aliphatic carbocycles. The molecule has 2 fully saturated rings. The smallest absolute Gasteiger partial charge is 0.305 e. The topological polar surface area (TPSA) is 69.6 Å². The van der Waals surface area contributed by atoms with Crippen molar-refractivity contribution in [1.82, 2.24) is 10.2 Å². The van der Waals surface area contributed by atoms with Gasteiger partial charge in [0, 0.05) is 6.54 Å². The van der Waals surface area contributed by atoms with Crippen molar-refractivity contribution in [3.63, 3.8) is 0 Å². The first-order valence-electron chi connectivity index (χ1n) is 9.90. The summed E-state index contributed by atoms with van der Waals surface area (Å²) in [7, 11) is 0. The zero-order valence-electron chi connectivity index (χ0n) is 15.5. The molecule has 0 unspecified atom stereocenters. The highest BCUT2D eigenvalue weighted by Gasteiger charge is 2.39. The number of carbonyl (C=O) groups is 2. The number of carboxylic acid groups (broad SMARTS) is 1. The summed E-state index contributed by atoms with van der Waals surface area (Å²) in [5.41, 5.74) is 0.655. The Morgan fingerprint density at radius 1 is 1.08 bits per heavy atom. The first kappa shape index (κ1) is 18.9. The number of carboxylic acids is 1. The number of carbonyl (C=O) groups excluding carboxylic acids is 1. The van der Waals surface area contributed by atoms with Gasteiger partial charge in [0.2, 0.25) is 5.91 Å². The van der Waals surface area contributed by atoms with E-state index < -0.39 is 11.5 Å². The number of aliphatic carboxylic acids is 1. The van der Waals surface area contributed by atoms with E-state index in [2.05, 4.69) is 22.3 Å². The molecule has 1 saturated carbocycles. The van der Waals surface area contributed by atoms with Crippen LogP contribution in [0.4, 0.5) is 0 Å². The van der Waals surface area contributed by atoms with Gasteiger partial charge in [-0.25, -0.2) is 0 Å². The molecule has 0 bridgehead atoms. The van der Waals surface area contributed by atoms with Crippen molar-refractivity contribution in [1.29, 1.82) is 0 Å². The van der Waals surface area contributed by atoms with E-state index in [9.17, 15) is 14.7 Å². The van der Waals surface area contributed by atoms with Crippen molar-refractivity contribution in [2.45, 2.75) is 75.9 Å². The van der Waals surface area contributed by atoms with E-state index >= 15 is 0 Å². The molecule has 0 aromatic heterocycles. The van der Waals surface area contributed by atoms with Gasteiger partial charge in [0.15, 0.2) is 0 Å². The lowest BCUT2D eigenvalue weighted by Gasteiger charge is -2.41. The van der Waals surface area contributed by atoms with Crippen LogP contribution in [0.1, 0.15) is 63.4 Å². The van der Waals surface area contributed by atoms with Crippen LogP contribution in [0.15, 0.2) is 30.3 Å². The maximum absolute atomic E-state index is 13.1. The van der Waals surface area contributed by atoms with E-state index in [4.69, 9.17) is 0 Å². The van der Waals surface area contributed by atoms with Gasteiger partial charge in [0.1, 0.15) is 0 Å². The average Bonchev–Trinajstić information content (AvgIpc) is 2.63. The van der Waals surface area contributed by atoms with Crippen LogP contribution in [0, 0.1) is 0 Å². The normalized spacial score (nSPS) is 23.3. The number of benzene rings is 1. The molecule has 1 aliphatic heterocycles. The lowest BCUT2D eigenvalue weighted by molar-refractivity contribution is -0.140. The average molecular weight is 358 g/mol. The fourth-order valence-corrected chi connectivity index (χ4v) is 4.50. The first-order chi connectivity index (χ1) is 12.6. The molecule has 1 atom stereocenters. The summed E-state index contributed by atoms with van der Waals surface area (Å²) in [6, 6.07) is 10.1. The van der Waals surface area contributed by atoms with E-state index in [1.165, 1.54) is 5.56 Å². The van der Waals surface area contributed by atoms with Crippen LogP contribution < -0.4 is 5.32 Å². The number of hydrogen-bond donors (Lipinski definition) is 2. The molecule has 2 N–H and O–H groups in total. The number of piperidine rings is 1. The highest BCUT2D eigenvalue weighted by Crippen LogP contribution is 2.32. The van der Waals surface area contributed by atoms with Crippen LogP contribution in [0.3, 0.4) is 0 Å².